The Morgan fingerprint density at radius 3 is 2.32 bits per heavy atom. The van der Waals surface area contributed by atoms with Gasteiger partial charge in [-0.15, -0.1) is 5.10 Å². The molecule has 0 fully saturated rings. The van der Waals surface area contributed by atoms with Crippen LogP contribution in [0.15, 0.2) is 63.5 Å². The highest BCUT2D eigenvalue weighted by molar-refractivity contribution is 6.30. The van der Waals surface area contributed by atoms with Gasteiger partial charge in [-0.3, -0.25) is 4.57 Å². The van der Waals surface area contributed by atoms with Crippen LogP contribution in [0.5, 0.6) is 0 Å². The van der Waals surface area contributed by atoms with Crippen LogP contribution < -0.4 is 5.69 Å². The monoisotopic (exact) mass is 559 g/mol. The summed E-state index contributed by atoms with van der Waals surface area (Å²) in [7, 11) is 0. The standard InChI is InChI=1S/C24H20ClF6N5O2/c25-17-7-5-15(6-8-17)21-34-36(22(38)35(21)13-20(37)24(29,30)31)12-19-11-18(32-33-19)9-4-14-2-1-3-16(10-14)23(26,27)28/h1-3,5-8,10,20,37H,4,9,11-13H2/t20-/m1/s1. The topological polar surface area (TPSA) is 84.8 Å². The average Bonchev–Trinajstić information content (AvgIpc) is 3.42. The molecule has 1 aromatic heterocycles. The first-order chi connectivity index (χ1) is 17.8. The van der Waals surface area contributed by atoms with Crippen molar-refractivity contribution in [3.05, 3.63) is 75.2 Å². The van der Waals surface area contributed by atoms with Crippen LogP contribution in [0.3, 0.4) is 0 Å². The Bertz CT molecular complexity index is 1420. The summed E-state index contributed by atoms with van der Waals surface area (Å²) in [6.07, 6.45) is -11.4. The maximum Gasteiger partial charge on any atom is 0.416 e. The molecular weight excluding hydrogens is 540 g/mol. The van der Waals surface area contributed by atoms with Gasteiger partial charge >= 0.3 is 18.0 Å². The number of aromatic nitrogens is 3. The Morgan fingerprint density at radius 1 is 0.974 bits per heavy atom. The second-order valence-electron chi connectivity index (χ2n) is 8.65. The molecule has 1 aliphatic rings. The van der Waals surface area contributed by atoms with Crippen molar-refractivity contribution >= 4 is 23.0 Å². The van der Waals surface area contributed by atoms with Gasteiger partial charge in [-0.25, -0.2) is 9.48 Å². The number of halogens is 7. The third-order valence-corrected chi connectivity index (χ3v) is 6.04. The number of nitrogens with zero attached hydrogens (tertiary/aromatic N) is 5. The Kier molecular flexibility index (Phi) is 7.79. The zero-order valence-corrected chi connectivity index (χ0v) is 20.2. The van der Waals surface area contributed by atoms with Gasteiger partial charge in [0.15, 0.2) is 11.9 Å². The molecule has 3 aromatic rings. The van der Waals surface area contributed by atoms with Crippen LogP contribution in [0.4, 0.5) is 26.3 Å². The molecule has 0 spiro atoms. The fraction of sp³-hybridized carbons (Fsp3) is 0.333. The van der Waals surface area contributed by atoms with Crippen molar-refractivity contribution in [3.63, 3.8) is 0 Å². The minimum atomic E-state index is -4.95. The molecule has 2 aromatic carbocycles. The number of aryl methyl sites for hydroxylation is 1. The number of benzene rings is 2. The molecule has 0 amide bonds. The minimum absolute atomic E-state index is 0.0979. The predicted octanol–water partition coefficient (Wildman–Crippen LogP) is 5.14. The first-order valence-electron chi connectivity index (χ1n) is 11.3. The van der Waals surface area contributed by atoms with E-state index < -0.39 is 36.3 Å². The molecule has 7 nitrogen and oxygen atoms in total. The van der Waals surface area contributed by atoms with Crippen LogP contribution in [0.25, 0.3) is 11.4 Å². The van der Waals surface area contributed by atoms with Crippen LogP contribution in [-0.2, 0) is 25.7 Å². The molecule has 4 rings (SSSR count). The Hall–Kier alpha value is -3.45. The van der Waals surface area contributed by atoms with Crippen molar-refractivity contribution < 1.29 is 31.4 Å². The van der Waals surface area contributed by atoms with Gasteiger partial charge in [0, 0.05) is 22.7 Å². The van der Waals surface area contributed by atoms with Gasteiger partial charge in [0.2, 0.25) is 0 Å². The number of rotatable bonds is 8. The van der Waals surface area contributed by atoms with Crippen LogP contribution in [0.1, 0.15) is 24.0 Å². The Morgan fingerprint density at radius 2 is 1.66 bits per heavy atom. The lowest BCUT2D eigenvalue weighted by Gasteiger charge is -2.15. The first kappa shape index (κ1) is 27.6. The normalized spacial score (nSPS) is 14.9. The van der Waals surface area contributed by atoms with E-state index in [-0.39, 0.29) is 25.2 Å². The summed E-state index contributed by atoms with van der Waals surface area (Å²) in [5, 5.41) is 22.2. The van der Waals surface area contributed by atoms with Gasteiger partial charge in [-0.1, -0.05) is 29.8 Å². The zero-order chi connectivity index (χ0) is 27.7. The van der Waals surface area contributed by atoms with Crippen LogP contribution in [0.2, 0.25) is 5.02 Å². The largest absolute Gasteiger partial charge is 0.416 e. The van der Waals surface area contributed by atoms with Crippen molar-refractivity contribution in [2.24, 2.45) is 10.2 Å². The van der Waals surface area contributed by atoms with E-state index in [0.29, 0.717) is 34.0 Å². The van der Waals surface area contributed by atoms with Gasteiger partial charge in [-0.05, 0) is 48.7 Å². The summed E-state index contributed by atoms with van der Waals surface area (Å²) in [5.74, 6) is -0.0979. The van der Waals surface area contributed by atoms with Crippen molar-refractivity contribution in [2.75, 3.05) is 0 Å². The van der Waals surface area contributed by atoms with Crippen molar-refractivity contribution in [2.45, 2.75) is 50.8 Å². The average molecular weight is 560 g/mol. The molecule has 2 heterocycles. The molecule has 0 radical (unpaired) electrons. The smallest absolute Gasteiger partial charge is 0.382 e. The molecule has 202 valence electrons. The molecule has 1 atom stereocenters. The highest BCUT2D eigenvalue weighted by Gasteiger charge is 2.39. The molecule has 0 saturated carbocycles. The van der Waals surface area contributed by atoms with Crippen LogP contribution >= 0.6 is 11.6 Å². The third kappa shape index (κ3) is 6.51. The Labute approximate surface area is 216 Å². The number of aliphatic hydroxyl groups excluding tert-OH is 1. The minimum Gasteiger partial charge on any atom is -0.382 e. The fourth-order valence-corrected chi connectivity index (χ4v) is 3.96. The molecule has 1 aliphatic heterocycles. The summed E-state index contributed by atoms with van der Waals surface area (Å²) in [4.78, 5) is 13.0. The van der Waals surface area contributed by atoms with E-state index in [2.05, 4.69) is 15.3 Å². The lowest BCUT2D eigenvalue weighted by atomic mass is 10.0. The van der Waals surface area contributed by atoms with E-state index in [9.17, 15) is 36.2 Å². The highest BCUT2D eigenvalue weighted by Crippen LogP contribution is 2.30. The quantitative estimate of drug-likeness (QED) is 0.388. The zero-order valence-electron chi connectivity index (χ0n) is 19.5. The molecule has 0 saturated heterocycles. The second kappa shape index (κ2) is 10.7. The van der Waals surface area contributed by atoms with Crippen LogP contribution in [0, 0.1) is 0 Å². The lowest BCUT2D eigenvalue weighted by Crippen LogP contribution is -2.37. The van der Waals surface area contributed by atoms with Crippen molar-refractivity contribution in [3.8, 4) is 11.4 Å². The lowest BCUT2D eigenvalue weighted by molar-refractivity contribution is -0.207. The van der Waals surface area contributed by atoms with E-state index in [1.807, 2.05) is 0 Å². The molecular formula is C24H20ClF6N5O2. The molecule has 1 N–H and O–H groups in total. The van der Waals surface area contributed by atoms with Gasteiger partial charge < -0.3 is 5.11 Å². The van der Waals surface area contributed by atoms with E-state index in [0.717, 1.165) is 21.4 Å². The van der Waals surface area contributed by atoms with E-state index >= 15 is 0 Å². The van der Waals surface area contributed by atoms with E-state index in [1.165, 1.54) is 30.3 Å². The van der Waals surface area contributed by atoms with Gasteiger partial charge in [0.25, 0.3) is 0 Å². The number of hydrogen-bond acceptors (Lipinski definition) is 5. The summed E-state index contributed by atoms with van der Waals surface area (Å²) in [5.41, 5.74) is 0.124. The summed E-state index contributed by atoms with van der Waals surface area (Å²) < 4.78 is 79.5. The summed E-state index contributed by atoms with van der Waals surface area (Å²) in [6.45, 7) is -1.24. The maximum atomic E-state index is 13.0. The van der Waals surface area contributed by atoms with Crippen molar-refractivity contribution in [1.82, 2.24) is 14.3 Å². The van der Waals surface area contributed by atoms with Crippen molar-refractivity contribution in [1.29, 1.82) is 0 Å². The third-order valence-electron chi connectivity index (χ3n) is 5.79. The maximum absolute atomic E-state index is 13.0. The molecule has 14 heteroatoms. The highest BCUT2D eigenvalue weighted by atomic mass is 35.5. The van der Waals surface area contributed by atoms with E-state index in [4.69, 9.17) is 11.6 Å². The SMILES string of the molecule is O=c1n(CC2=NN=C(CCc3cccc(C(F)(F)F)c3)C2)nc(-c2ccc(Cl)cc2)n1C[C@@H](O)C(F)(F)F. The summed E-state index contributed by atoms with van der Waals surface area (Å²) >= 11 is 5.88. The van der Waals surface area contributed by atoms with Gasteiger partial charge in [0.05, 0.1) is 24.4 Å². The molecule has 38 heavy (non-hydrogen) atoms. The van der Waals surface area contributed by atoms with Gasteiger partial charge in [0.1, 0.15) is 0 Å². The molecule has 0 bridgehead atoms. The number of alkyl halides is 6. The summed E-state index contributed by atoms with van der Waals surface area (Å²) in [6, 6.07) is 10.9. The number of aliphatic hydroxyl groups is 1. The Balaban J connectivity index is 1.47. The predicted molar refractivity (Wildman–Crippen MR) is 128 cm³/mol. The number of hydrogen-bond donors (Lipinski definition) is 1. The molecule has 0 unspecified atom stereocenters. The van der Waals surface area contributed by atoms with E-state index in [1.54, 1.807) is 6.07 Å². The fourth-order valence-electron chi connectivity index (χ4n) is 3.84. The van der Waals surface area contributed by atoms with Gasteiger partial charge in [-0.2, -0.15) is 36.5 Å². The molecule has 0 aliphatic carbocycles. The first-order valence-corrected chi connectivity index (χ1v) is 11.6. The van der Waals surface area contributed by atoms with Crippen LogP contribution in [-0.4, -0.2) is 43.2 Å². The second-order valence-corrected chi connectivity index (χ2v) is 9.08.